The fraction of sp³-hybridized carbons (Fsp3) is 0.238. The maximum absolute atomic E-state index is 12.6. The summed E-state index contributed by atoms with van der Waals surface area (Å²) in [6.45, 7) is 6.35. The number of thiazole rings is 1. The third-order valence-corrected chi connectivity index (χ3v) is 7.25. The topological polar surface area (TPSA) is 68.5 Å². The summed E-state index contributed by atoms with van der Waals surface area (Å²) in [4.78, 5) is 18.8. The van der Waals surface area contributed by atoms with Crippen molar-refractivity contribution in [1.29, 1.82) is 0 Å². The predicted octanol–water partition coefficient (Wildman–Crippen LogP) is 4.07. The van der Waals surface area contributed by atoms with Gasteiger partial charge in [0.05, 0.1) is 21.5 Å². The predicted molar refractivity (Wildman–Crippen MR) is 120 cm³/mol. The zero-order valence-corrected chi connectivity index (χ0v) is 18.7. The number of amides is 1. The number of sulfone groups is 1. The summed E-state index contributed by atoms with van der Waals surface area (Å²) in [7, 11) is -3.30. The van der Waals surface area contributed by atoms with E-state index in [0.717, 1.165) is 21.5 Å². The van der Waals surface area contributed by atoms with Gasteiger partial charge in [-0.2, -0.15) is 4.99 Å². The molecule has 3 rings (SSSR count). The Labute approximate surface area is 178 Å². The number of nitrogens with zero attached hydrogens (tertiary/aromatic N) is 2. The van der Waals surface area contributed by atoms with Crippen LogP contribution in [0.15, 0.2) is 69.9 Å². The van der Waals surface area contributed by atoms with E-state index < -0.39 is 9.84 Å². The van der Waals surface area contributed by atoms with E-state index in [0.29, 0.717) is 11.3 Å². The third-order valence-electron chi connectivity index (χ3n) is 4.20. The van der Waals surface area contributed by atoms with E-state index in [-0.39, 0.29) is 17.2 Å². The van der Waals surface area contributed by atoms with Gasteiger partial charge in [-0.05, 0) is 41.6 Å². The summed E-state index contributed by atoms with van der Waals surface area (Å²) in [5.41, 5.74) is 1.74. The van der Waals surface area contributed by atoms with E-state index in [1.807, 2.05) is 28.8 Å². The van der Waals surface area contributed by atoms with E-state index >= 15 is 0 Å². The van der Waals surface area contributed by atoms with Gasteiger partial charge in [0, 0.05) is 17.7 Å². The molecule has 8 heteroatoms. The van der Waals surface area contributed by atoms with Crippen molar-refractivity contribution in [3.05, 3.63) is 65.5 Å². The van der Waals surface area contributed by atoms with Crippen LogP contribution in [0, 0.1) is 0 Å². The van der Waals surface area contributed by atoms with Crippen molar-refractivity contribution in [2.45, 2.75) is 29.7 Å². The molecule has 0 bridgehead atoms. The summed E-state index contributed by atoms with van der Waals surface area (Å²) in [5.74, 6) is 0.762. The van der Waals surface area contributed by atoms with Gasteiger partial charge in [-0.3, -0.25) is 4.79 Å². The van der Waals surface area contributed by atoms with Crippen LogP contribution in [0.3, 0.4) is 0 Å². The van der Waals surface area contributed by atoms with Crippen LogP contribution in [0.1, 0.15) is 12.5 Å². The molecular weight excluding hydrogens is 424 g/mol. The van der Waals surface area contributed by atoms with Crippen LogP contribution < -0.4 is 4.80 Å². The van der Waals surface area contributed by atoms with Crippen molar-refractivity contribution >= 4 is 49.1 Å². The maximum Gasteiger partial charge on any atom is 0.252 e. The fourth-order valence-corrected chi connectivity index (χ4v) is 5.35. The molecule has 0 unspecified atom stereocenters. The third kappa shape index (κ3) is 5.26. The van der Waals surface area contributed by atoms with Crippen LogP contribution >= 0.6 is 23.1 Å². The molecule has 1 aromatic heterocycles. The molecule has 0 spiro atoms. The molecule has 1 heterocycles. The van der Waals surface area contributed by atoms with Crippen molar-refractivity contribution in [1.82, 2.24) is 4.57 Å². The summed E-state index contributed by atoms with van der Waals surface area (Å²) in [6.07, 6.45) is 3.12. The maximum atomic E-state index is 12.6. The molecule has 5 nitrogen and oxygen atoms in total. The first-order valence-corrected chi connectivity index (χ1v) is 12.7. The van der Waals surface area contributed by atoms with E-state index in [1.54, 1.807) is 36.0 Å². The number of benzene rings is 2. The highest BCUT2D eigenvalue weighted by molar-refractivity contribution is 7.99. The van der Waals surface area contributed by atoms with E-state index in [1.165, 1.54) is 22.5 Å². The fourth-order valence-electron chi connectivity index (χ4n) is 2.87. The van der Waals surface area contributed by atoms with Gasteiger partial charge in [-0.25, -0.2) is 8.42 Å². The van der Waals surface area contributed by atoms with Crippen LogP contribution in [-0.4, -0.2) is 30.9 Å². The number of thioether (sulfide) groups is 1. The van der Waals surface area contributed by atoms with Gasteiger partial charge in [0.25, 0.3) is 5.91 Å². The Morgan fingerprint density at radius 2 is 1.97 bits per heavy atom. The van der Waals surface area contributed by atoms with Crippen LogP contribution in [0.4, 0.5) is 0 Å². The van der Waals surface area contributed by atoms with Crippen molar-refractivity contribution in [2.24, 2.45) is 4.99 Å². The minimum Gasteiger partial charge on any atom is -0.313 e. The largest absolute Gasteiger partial charge is 0.313 e. The first-order chi connectivity index (χ1) is 13.8. The Morgan fingerprint density at radius 1 is 1.24 bits per heavy atom. The summed E-state index contributed by atoms with van der Waals surface area (Å²) in [6, 6.07) is 12.9. The molecule has 0 N–H and O–H groups in total. The smallest absolute Gasteiger partial charge is 0.252 e. The van der Waals surface area contributed by atoms with E-state index in [4.69, 9.17) is 0 Å². The van der Waals surface area contributed by atoms with Crippen molar-refractivity contribution in [3.8, 4) is 0 Å². The Bertz CT molecular complexity index is 1220. The van der Waals surface area contributed by atoms with Crippen molar-refractivity contribution < 1.29 is 13.2 Å². The van der Waals surface area contributed by atoms with Gasteiger partial charge >= 0.3 is 0 Å². The molecule has 152 valence electrons. The quantitative estimate of drug-likeness (QED) is 0.405. The highest BCUT2D eigenvalue weighted by Gasteiger charge is 2.12. The molecule has 0 atom stereocenters. The molecule has 0 aliphatic rings. The minimum atomic E-state index is -3.30. The van der Waals surface area contributed by atoms with Gasteiger partial charge in [0.2, 0.25) is 0 Å². The number of carbonyl (C=O) groups is 1. The lowest BCUT2D eigenvalue weighted by Crippen LogP contribution is -2.16. The molecule has 0 aliphatic heterocycles. The van der Waals surface area contributed by atoms with Gasteiger partial charge in [0.15, 0.2) is 14.6 Å². The van der Waals surface area contributed by atoms with E-state index in [2.05, 4.69) is 18.5 Å². The zero-order valence-electron chi connectivity index (χ0n) is 16.3. The molecule has 0 aliphatic carbocycles. The number of rotatable bonds is 7. The van der Waals surface area contributed by atoms with Crippen LogP contribution in [0.2, 0.25) is 0 Å². The lowest BCUT2D eigenvalue weighted by molar-refractivity contribution is -0.117. The highest BCUT2D eigenvalue weighted by atomic mass is 32.2. The lowest BCUT2D eigenvalue weighted by atomic mass is 10.1. The Kier molecular flexibility index (Phi) is 6.77. The average Bonchev–Trinajstić information content (AvgIpc) is 2.99. The molecule has 0 saturated heterocycles. The standard InChI is InChI=1S/C21H22N2O3S3/c1-4-12-23-18-11-10-17(29(3,25)26)14-19(18)28-21(23)22-20(24)13-15-6-8-16(9-7-15)27-5-2/h4,6-11,14H,1,5,12-13H2,2-3H3. The van der Waals surface area contributed by atoms with Gasteiger partial charge < -0.3 is 4.57 Å². The Morgan fingerprint density at radius 3 is 2.59 bits per heavy atom. The van der Waals surface area contributed by atoms with Gasteiger partial charge in [-0.1, -0.05) is 36.5 Å². The van der Waals surface area contributed by atoms with Crippen molar-refractivity contribution in [2.75, 3.05) is 12.0 Å². The minimum absolute atomic E-state index is 0.216. The second-order valence-electron chi connectivity index (χ2n) is 6.44. The average molecular weight is 447 g/mol. The number of hydrogen-bond donors (Lipinski definition) is 0. The van der Waals surface area contributed by atoms with Gasteiger partial charge in [-0.15, -0.1) is 18.3 Å². The summed E-state index contributed by atoms with van der Waals surface area (Å²) < 4.78 is 26.3. The normalized spacial score (nSPS) is 12.4. The van der Waals surface area contributed by atoms with Gasteiger partial charge in [0.1, 0.15) is 0 Å². The lowest BCUT2D eigenvalue weighted by Gasteiger charge is -2.03. The second kappa shape index (κ2) is 9.11. The molecule has 29 heavy (non-hydrogen) atoms. The molecule has 3 aromatic rings. The molecule has 0 fully saturated rings. The second-order valence-corrected chi connectivity index (χ2v) is 10.8. The molecule has 0 radical (unpaired) electrons. The SMILES string of the molecule is C=CCn1c(=NC(=O)Cc2ccc(SCC)cc2)sc2cc(S(C)(=O)=O)ccc21. The number of hydrogen-bond acceptors (Lipinski definition) is 5. The first kappa shape index (κ1) is 21.5. The Hall–Kier alpha value is -2.16. The number of carbonyl (C=O) groups excluding carboxylic acids is 1. The van der Waals surface area contributed by atoms with Crippen molar-refractivity contribution in [3.63, 3.8) is 0 Å². The summed E-state index contributed by atoms with van der Waals surface area (Å²) >= 11 is 3.06. The number of allylic oxidation sites excluding steroid dienone is 1. The molecular formula is C21H22N2O3S3. The Balaban J connectivity index is 1.95. The molecule has 1 amide bonds. The molecule has 2 aromatic carbocycles. The first-order valence-electron chi connectivity index (χ1n) is 9.05. The molecule has 0 saturated carbocycles. The number of aromatic nitrogens is 1. The van der Waals surface area contributed by atoms with Crippen LogP contribution in [0.5, 0.6) is 0 Å². The highest BCUT2D eigenvalue weighted by Crippen LogP contribution is 2.22. The van der Waals surface area contributed by atoms with E-state index in [9.17, 15) is 13.2 Å². The monoisotopic (exact) mass is 446 g/mol. The zero-order chi connectivity index (χ0) is 21.0. The number of fused-ring (bicyclic) bond motifs is 1. The van der Waals surface area contributed by atoms with Crippen LogP contribution in [0.25, 0.3) is 10.2 Å². The van der Waals surface area contributed by atoms with Crippen LogP contribution in [-0.2, 0) is 27.6 Å². The summed E-state index contributed by atoms with van der Waals surface area (Å²) in [5, 5.41) is 0.